The zero-order valence-electron chi connectivity index (χ0n) is 26.2. The lowest BCUT2D eigenvalue weighted by Gasteiger charge is -2.22. The number of para-hydroxylation sites is 1. The standard InChI is InChI=1S/C34H41F3N2O5/c1-21(39-32(41)44-34(5,6)7)26-12-10-13-27(31(26)37)24-15-22(16-25(17-24)38-19-29(35)36)20-42-28-14-9-8-11-23(28)18-30(40)43-33(2,3)4/h8-17,21,29,38H,18-20H2,1-7H3,(H,39,41)/t21-/m1/s1. The summed E-state index contributed by atoms with van der Waals surface area (Å²) in [5.41, 5.74) is 1.08. The Morgan fingerprint density at radius 1 is 0.886 bits per heavy atom. The fourth-order valence-electron chi connectivity index (χ4n) is 4.38. The molecule has 10 heteroatoms. The number of hydrogen-bond acceptors (Lipinski definition) is 6. The number of ether oxygens (including phenoxy) is 3. The van der Waals surface area contributed by atoms with Gasteiger partial charge >= 0.3 is 12.1 Å². The van der Waals surface area contributed by atoms with Crippen molar-refractivity contribution in [2.24, 2.45) is 0 Å². The SMILES string of the molecule is C[C@@H](NC(=O)OC(C)(C)C)c1cccc(-c2cc(COc3ccccc3CC(=O)OC(C)(C)C)cc(NCC(F)F)c2)c1F. The van der Waals surface area contributed by atoms with E-state index in [0.717, 1.165) is 0 Å². The lowest BCUT2D eigenvalue weighted by molar-refractivity contribution is -0.153. The molecule has 0 aromatic heterocycles. The number of anilines is 1. The van der Waals surface area contributed by atoms with Gasteiger partial charge in [-0.3, -0.25) is 4.79 Å². The quantitative estimate of drug-likeness (QED) is 0.212. The molecule has 3 aromatic carbocycles. The summed E-state index contributed by atoms with van der Waals surface area (Å²) in [4.78, 5) is 24.7. The highest BCUT2D eigenvalue weighted by Crippen LogP contribution is 2.32. The van der Waals surface area contributed by atoms with E-state index in [-0.39, 0.29) is 24.2 Å². The molecule has 0 unspecified atom stereocenters. The molecule has 238 valence electrons. The minimum atomic E-state index is -2.60. The van der Waals surface area contributed by atoms with Crippen molar-refractivity contribution in [2.45, 2.75) is 85.2 Å². The van der Waals surface area contributed by atoms with Gasteiger partial charge in [0.05, 0.1) is 19.0 Å². The van der Waals surface area contributed by atoms with Gasteiger partial charge in [-0.15, -0.1) is 0 Å². The monoisotopic (exact) mass is 614 g/mol. The third-order valence-electron chi connectivity index (χ3n) is 6.11. The topological polar surface area (TPSA) is 85.9 Å². The van der Waals surface area contributed by atoms with Crippen LogP contribution in [0.5, 0.6) is 5.75 Å². The van der Waals surface area contributed by atoms with Gasteiger partial charge in [-0.05, 0) is 83.9 Å². The number of alkyl carbamates (subject to hydrolysis) is 1. The normalized spacial score (nSPS) is 12.4. The van der Waals surface area contributed by atoms with Crippen LogP contribution in [0.15, 0.2) is 60.7 Å². The molecule has 3 aromatic rings. The maximum Gasteiger partial charge on any atom is 0.408 e. The van der Waals surface area contributed by atoms with Crippen LogP contribution in [0.1, 0.15) is 71.2 Å². The fourth-order valence-corrected chi connectivity index (χ4v) is 4.38. The number of amides is 1. The molecule has 0 aliphatic rings. The summed E-state index contributed by atoms with van der Waals surface area (Å²) < 4.78 is 58.8. The van der Waals surface area contributed by atoms with E-state index in [0.29, 0.717) is 28.1 Å². The van der Waals surface area contributed by atoms with E-state index in [2.05, 4.69) is 10.6 Å². The fraction of sp³-hybridized carbons (Fsp3) is 0.412. The van der Waals surface area contributed by atoms with Crippen LogP contribution in [-0.4, -0.2) is 36.2 Å². The first-order valence-electron chi connectivity index (χ1n) is 14.4. The first-order chi connectivity index (χ1) is 20.5. The van der Waals surface area contributed by atoms with Crippen LogP contribution in [0, 0.1) is 5.82 Å². The Morgan fingerprint density at radius 3 is 2.23 bits per heavy atom. The molecular weight excluding hydrogens is 573 g/mol. The first-order valence-corrected chi connectivity index (χ1v) is 14.4. The number of hydrogen-bond donors (Lipinski definition) is 2. The minimum Gasteiger partial charge on any atom is -0.489 e. The van der Waals surface area contributed by atoms with Crippen molar-refractivity contribution in [2.75, 3.05) is 11.9 Å². The molecule has 1 atom stereocenters. The van der Waals surface area contributed by atoms with Crippen LogP contribution < -0.4 is 15.4 Å². The summed E-state index contributed by atoms with van der Waals surface area (Å²) in [5.74, 6) is -0.516. The Bertz CT molecular complexity index is 1450. The van der Waals surface area contributed by atoms with Crippen LogP contribution in [0.2, 0.25) is 0 Å². The first kappa shape index (κ1) is 34.3. The zero-order valence-corrected chi connectivity index (χ0v) is 26.2. The summed E-state index contributed by atoms with van der Waals surface area (Å²) >= 11 is 0. The number of alkyl halides is 2. The summed E-state index contributed by atoms with van der Waals surface area (Å²) in [5, 5.41) is 5.34. The van der Waals surface area contributed by atoms with Crippen molar-refractivity contribution in [3.05, 3.63) is 83.2 Å². The molecule has 0 spiro atoms. The van der Waals surface area contributed by atoms with Gasteiger partial charge in [0.2, 0.25) is 0 Å². The van der Waals surface area contributed by atoms with E-state index in [9.17, 15) is 18.4 Å². The van der Waals surface area contributed by atoms with Crippen LogP contribution >= 0.6 is 0 Å². The average Bonchev–Trinajstić information content (AvgIpc) is 2.89. The number of nitrogens with one attached hydrogen (secondary N) is 2. The van der Waals surface area contributed by atoms with E-state index < -0.39 is 48.1 Å². The summed E-state index contributed by atoms with van der Waals surface area (Å²) in [7, 11) is 0. The Kier molecular flexibility index (Phi) is 11.3. The van der Waals surface area contributed by atoms with Gasteiger partial charge < -0.3 is 24.8 Å². The van der Waals surface area contributed by atoms with E-state index in [1.54, 1.807) is 109 Å². The van der Waals surface area contributed by atoms with E-state index in [1.165, 1.54) is 0 Å². The molecule has 0 heterocycles. The second-order valence-electron chi connectivity index (χ2n) is 12.4. The molecule has 0 fully saturated rings. The molecule has 0 bridgehead atoms. The van der Waals surface area contributed by atoms with Crippen molar-refractivity contribution < 1.29 is 37.0 Å². The average molecular weight is 615 g/mol. The van der Waals surface area contributed by atoms with Gasteiger partial charge in [-0.25, -0.2) is 18.0 Å². The predicted molar refractivity (Wildman–Crippen MR) is 164 cm³/mol. The van der Waals surface area contributed by atoms with Crippen LogP contribution in [0.4, 0.5) is 23.7 Å². The highest BCUT2D eigenvalue weighted by Gasteiger charge is 2.22. The molecule has 0 saturated carbocycles. The highest BCUT2D eigenvalue weighted by atomic mass is 19.3. The third-order valence-corrected chi connectivity index (χ3v) is 6.11. The Balaban J connectivity index is 1.90. The van der Waals surface area contributed by atoms with Gasteiger partial charge in [-0.1, -0.05) is 36.4 Å². The molecule has 44 heavy (non-hydrogen) atoms. The Morgan fingerprint density at radius 2 is 1.57 bits per heavy atom. The molecular formula is C34H41F3N2O5. The van der Waals surface area contributed by atoms with E-state index >= 15 is 4.39 Å². The zero-order chi connectivity index (χ0) is 32.7. The summed E-state index contributed by atoms with van der Waals surface area (Å²) in [6, 6.07) is 16.1. The largest absolute Gasteiger partial charge is 0.489 e. The Labute approximate surface area is 257 Å². The van der Waals surface area contributed by atoms with Gasteiger partial charge in [-0.2, -0.15) is 0 Å². The lowest BCUT2D eigenvalue weighted by atomic mass is 9.97. The lowest BCUT2D eigenvalue weighted by Crippen LogP contribution is -2.34. The van der Waals surface area contributed by atoms with Crippen molar-refractivity contribution in [3.63, 3.8) is 0 Å². The molecule has 0 aliphatic heterocycles. The predicted octanol–water partition coefficient (Wildman–Crippen LogP) is 8.22. The van der Waals surface area contributed by atoms with Crippen molar-refractivity contribution in [1.82, 2.24) is 5.32 Å². The van der Waals surface area contributed by atoms with E-state index in [1.807, 2.05) is 0 Å². The van der Waals surface area contributed by atoms with Gasteiger partial charge in [0.25, 0.3) is 6.43 Å². The van der Waals surface area contributed by atoms with Crippen molar-refractivity contribution >= 4 is 17.7 Å². The summed E-state index contributed by atoms with van der Waals surface area (Å²) in [6.45, 7) is 11.6. The van der Waals surface area contributed by atoms with Gasteiger partial charge in [0, 0.05) is 22.4 Å². The maximum atomic E-state index is 15.9. The number of carbonyl (C=O) groups excluding carboxylic acids is 2. The summed E-state index contributed by atoms with van der Waals surface area (Å²) in [6.07, 6.45) is -3.28. The molecule has 1 amide bonds. The highest BCUT2D eigenvalue weighted by molar-refractivity contribution is 5.74. The molecule has 3 rings (SSSR count). The van der Waals surface area contributed by atoms with Crippen LogP contribution in [-0.2, 0) is 27.3 Å². The van der Waals surface area contributed by atoms with Crippen molar-refractivity contribution in [1.29, 1.82) is 0 Å². The van der Waals surface area contributed by atoms with Crippen LogP contribution in [0.3, 0.4) is 0 Å². The smallest absolute Gasteiger partial charge is 0.408 e. The molecule has 0 saturated heterocycles. The van der Waals surface area contributed by atoms with Gasteiger partial charge in [0.1, 0.15) is 29.4 Å². The molecule has 0 radical (unpaired) electrons. The number of carbonyl (C=O) groups is 2. The number of halogens is 3. The van der Waals surface area contributed by atoms with E-state index in [4.69, 9.17) is 14.2 Å². The van der Waals surface area contributed by atoms with Gasteiger partial charge in [0.15, 0.2) is 0 Å². The number of benzene rings is 3. The second-order valence-corrected chi connectivity index (χ2v) is 12.4. The molecule has 2 N–H and O–H groups in total. The van der Waals surface area contributed by atoms with Crippen molar-refractivity contribution in [3.8, 4) is 16.9 Å². The number of esters is 1. The minimum absolute atomic E-state index is 0.00218. The maximum absolute atomic E-state index is 15.9. The second kappa shape index (κ2) is 14.5. The molecule has 7 nitrogen and oxygen atoms in total. The number of rotatable bonds is 11. The Hall–Kier alpha value is -4.21. The van der Waals surface area contributed by atoms with Crippen LogP contribution in [0.25, 0.3) is 11.1 Å². The molecule has 0 aliphatic carbocycles. The third kappa shape index (κ3) is 10.8.